The van der Waals surface area contributed by atoms with Crippen LogP contribution in [0.25, 0.3) is 28.3 Å². The zero-order valence-corrected chi connectivity index (χ0v) is 21.1. The molecule has 2 bridgehead atoms. The molecule has 5 aromatic rings. The first-order valence-corrected chi connectivity index (χ1v) is 13.0. The molecule has 1 fully saturated rings. The number of allylic oxidation sites excluding steroid dienone is 1. The molecule has 1 saturated carbocycles. The van der Waals surface area contributed by atoms with E-state index in [9.17, 15) is 9.59 Å². The Bertz CT molecular complexity index is 1720. The van der Waals surface area contributed by atoms with Crippen LogP contribution in [-0.2, 0) is 5.54 Å². The van der Waals surface area contributed by atoms with E-state index >= 15 is 0 Å². The monoisotopic (exact) mass is 501 g/mol. The lowest BCUT2D eigenvalue weighted by Crippen LogP contribution is -2.45. The molecular weight excluding hydrogens is 474 g/mol. The Morgan fingerprint density at radius 2 is 1.29 bits per heavy atom. The van der Waals surface area contributed by atoms with Crippen LogP contribution in [0.2, 0.25) is 0 Å². The number of fused-ring (bicyclic) bond motifs is 5. The fourth-order valence-corrected chi connectivity index (χ4v) is 7.03. The first kappa shape index (κ1) is 22.6. The highest BCUT2D eigenvalue weighted by atomic mass is 16.3. The molecule has 38 heavy (non-hydrogen) atoms. The molecule has 1 N–H and O–H groups in total. The van der Waals surface area contributed by atoms with Gasteiger partial charge in [0.2, 0.25) is 0 Å². The summed E-state index contributed by atoms with van der Waals surface area (Å²) in [6, 6.07) is 29.3. The molecule has 6 heteroatoms. The molecule has 6 nitrogen and oxygen atoms in total. The Morgan fingerprint density at radius 1 is 0.816 bits per heavy atom. The number of hydrogen-bond acceptors (Lipinski definition) is 3. The highest BCUT2D eigenvalue weighted by Crippen LogP contribution is 2.69. The summed E-state index contributed by atoms with van der Waals surface area (Å²) in [7, 11) is 0. The predicted octanol–water partition coefficient (Wildman–Crippen LogP) is 6.20. The van der Waals surface area contributed by atoms with E-state index in [2.05, 4.69) is 35.9 Å². The third kappa shape index (κ3) is 2.88. The maximum Gasteiger partial charge on any atom is 0.352 e. The van der Waals surface area contributed by atoms with Crippen molar-refractivity contribution in [2.24, 2.45) is 0 Å². The van der Waals surface area contributed by atoms with Gasteiger partial charge in [0, 0.05) is 34.1 Å². The molecule has 2 atom stereocenters. The smallest absolute Gasteiger partial charge is 0.352 e. The van der Waals surface area contributed by atoms with E-state index in [1.807, 2.05) is 61.5 Å². The average molecular weight is 502 g/mol. The van der Waals surface area contributed by atoms with Crippen LogP contribution < -0.4 is 11.4 Å². The van der Waals surface area contributed by atoms with Crippen LogP contribution in [0, 0.1) is 0 Å². The molecule has 7 rings (SSSR count). The van der Waals surface area contributed by atoms with Crippen molar-refractivity contribution < 1.29 is 4.42 Å². The van der Waals surface area contributed by atoms with Gasteiger partial charge in [-0.1, -0.05) is 91.0 Å². The van der Waals surface area contributed by atoms with Crippen molar-refractivity contribution in [3.8, 4) is 28.3 Å². The first-order valence-electron chi connectivity index (χ1n) is 13.0. The largest absolute Gasteiger partial charge is 0.455 e. The van der Waals surface area contributed by atoms with Crippen LogP contribution in [0.4, 0.5) is 0 Å². The van der Waals surface area contributed by atoms with Crippen molar-refractivity contribution in [1.29, 1.82) is 0 Å². The van der Waals surface area contributed by atoms with E-state index in [4.69, 9.17) is 4.42 Å². The molecular formula is C32H27N3O3. The SMILES string of the molecule is C=C(C)C1(n2[nH]c(=O)n(-c3ccccc3)c2=O)C2CCC1c1c(-c3ccccc3)oc(-c3ccccc3)c12. The van der Waals surface area contributed by atoms with Gasteiger partial charge in [0.05, 0.1) is 5.69 Å². The van der Waals surface area contributed by atoms with Gasteiger partial charge in [-0.05, 0) is 31.9 Å². The number of hydrogen-bond donors (Lipinski definition) is 1. The summed E-state index contributed by atoms with van der Waals surface area (Å²) in [5, 5.41) is 2.94. The number of H-pyrrole nitrogens is 1. The van der Waals surface area contributed by atoms with E-state index in [0.29, 0.717) is 5.69 Å². The van der Waals surface area contributed by atoms with Crippen LogP contribution in [0.1, 0.15) is 42.7 Å². The van der Waals surface area contributed by atoms with Crippen molar-refractivity contribution in [2.45, 2.75) is 37.1 Å². The van der Waals surface area contributed by atoms with Crippen molar-refractivity contribution in [2.75, 3.05) is 0 Å². The van der Waals surface area contributed by atoms with Crippen LogP contribution in [-0.4, -0.2) is 14.3 Å². The number of rotatable bonds is 5. The molecule has 2 aliphatic carbocycles. The van der Waals surface area contributed by atoms with Crippen LogP contribution >= 0.6 is 0 Å². The van der Waals surface area contributed by atoms with Gasteiger partial charge in [0.15, 0.2) is 0 Å². The van der Waals surface area contributed by atoms with E-state index in [1.165, 1.54) is 4.57 Å². The summed E-state index contributed by atoms with van der Waals surface area (Å²) in [4.78, 5) is 27.3. The summed E-state index contributed by atoms with van der Waals surface area (Å²) in [5.74, 6) is 1.51. The van der Waals surface area contributed by atoms with Gasteiger partial charge in [0.1, 0.15) is 17.1 Å². The lowest BCUT2D eigenvalue weighted by Gasteiger charge is -2.36. The van der Waals surface area contributed by atoms with E-state index < -0.39 is 11.2 Å². The highest BCUT2D eigenvalue weighted by molar-refractivity contribution is 5.77. The predicted molar refractivity (Wildman–Crippen MR) is 148 cm³/mol. The summed E-state index contributed by atoms with van der Waals surface area (Å²) in [6.45, 7) is 6.40. The third-order valence-electron chi connectivity index (χ3n) is 8.42. The Hall–Kier alpha value is -4.58. The number of aromatic amines is 1. The average Bonchev–Trinajstić information content (AvgIpc) is 3.67. The second-order valence-corrected chi connectivity index (χ2v) is 10.3. The van der Waals surface area contributed by atoms with Crippen molar-refractivity contribution in [3.05, 3.63) is 135 Å². The minimum Gasteiger partial charge on any atom is -0.455 e. The third-order valence-corrected chi connectivity index (χ3v) is 8.42. The van der Waals surface area contributed by atoms with Gasteiger partial charge in [-0.2, -0.15) is 0 Å². The van der Waals surface area contributed by atoms with Gasteiger partial charge in [0.25, 0.3) is 0 Å². The van der Waals surface area contributed by atoms with E-state index in [1.54, 1.807) is 16.8 Å². The minimum atomic E-state index is -0.801. The number of para-hydroxylation sites is 1. The molecule has 0 amide bonds. The molecule has 0 spiro atoms. The van der Waals surface area contributed by atoms with Gasteiger partial charge in [-0.25, -0.2) is 23.9 Å². The maximum atomic E-state index is 14.0. The Kier molecular flexibility index (Phi) is 4.89. The molecule has 2 aromatic heterocycles. The van der Waals surface area contributed by atoms with Crippen LogP contribution in [0.3, 0.4) is 0 Å². The van der Waals surface area contributed by atoms with Gasteiger partial charge in [-0.15, -0.1) is 0 Å². The number of furan rings is 1. The number of nitrogens with zero attached hydrogens (tertiary/aromatic N) is 2. The van der Waals surface area contributed by atoms with E-state index in [0.717, 1.165) is 52.2 Å². The zero-order valence-electron chi connectivity index (χ0n) is 21.1. The molecule has 0 aliphatic heterocycles. The van der Waals surface area contributed by atoms with Gasteiger partial charge in [-0.3, -0.25) is 0 Å². The Balaban J connectivity index is 1.51. The van der Waals surface area contributed by atoms with Crippen molar-refractivity contribution in [1.82, 2.24) is 14.3 Å². The molecule has 0 radical (unpaired) electrons. The lowest BCUT2D eigenvalue weighted by molar-refractivity contribution is 0.266. The summed E-state index contributed by atoms with van der Waals surface area (Å²) in [6.07, 6.45) is 1.73. The molecule has 2 unspecified atom stereocenters. The standard InChI is InChI=1S/C32H27N3O3/c1-20(2)32(35-31(37)34(30(36)33-35)23-16-10-5-11-17-23)24-18-19-25(32)27-26(24)28(21-12-6-3-7-13-21)38-29(27)22-14-8-4-9-15-22/h3-17,24-25H,1,18-19H2,2H3,(H,33,36). The molecule has 3 aromatic carbocycles. The second-order valence-electron chi connectivity index (χ2n) is 10.3. The molecule has 188 valence electrons. The normalized spacial score (nSPS) is 21.5. The number of nitrogens with one attached hydrogen (secondary N) is 1. The minimum absolute atomic E-state index is 0.0728. The molecule has 2 aliphatic rings. The topological polar surface area (TPSA) is 72.9 Å². The van der Waals surface area contributed by atoms with Crippen LogP contribution in [0.5, 0.6) is 0 Å². The lowest BCUT2D eigenvalue weighted by atomic mass is 9.79. The second kappa shape index (κ2) is 8.21. The number of benzene rings is 3. The van der Waals surface area contributed by atoms with Gasteiger partial charge >= 0.3 is 11.4 Å². The molecule has 2 heterocycles. The Morgan fingerprint density at radius 3 is 1.76 bits per heavy atom. The van der Waals surface area contributed by atoms with E-state index in [-0.39, 0.29) is 17.5 Å². The first-order chi connectivity index (χ1) is 18.5. The van der Waals surface area contributed by atoms with Crippen molar-refractivity contribution in [3.63, 3.8) is 0 Å². The maximum absolute atomic E-state index is 14.0. The fourth-order valence-electron chi connectivity index (χ4n) is 7.03. The fraction of sp³-hybridized carbons (Fsp3) is 0.188. The summed E-state index contributed by atoms with van der Waals surface area (Å²) >= 11 is 0. The molecule has 0 saturated heterocycles. The van der Waals surface area contributed by atoms with Crippen LogP contribution in [0.15, 0.2) is 117 Å². The quantitative estimate of drug-likeness (QED) is 0.292. The Labute approximate surface area is 219 Å². The van der Waals surface area contributed by atoms with Gasteiger partial charge < -0.3 is 4.42 Å². The summed E-state index contributed by atoms with van der Waals surface area (Å²) in [5.41, 5.74) is 3.98. The summed E-state index contributed by atoms with van der Waals surface area (Å²) < 4.78 is 9.47. The highest BCUT2D eigenvalue weighted by Gasteiger charge is 2.63. The van der Waals surface area contributed by atoms with Crippen molar-refractivity contribution >= 4 is 0 Å². The number of aromatic nitrogens is 3. The zero-order chi connectivity index (χ0) is 26.0.